The molecule has 6 aromatic carbocycles. The van der Waals surface area contributed by atoms with Crippen molar-refractivity contribution < 1.29 is 90.8 Å². The van der Waals surface area contributed by atoms with Crippen molar-refractivity contribution in [3.8, 4) is 45.3 Å². The van der Waals surface area contributed by atoms with Crippen LogP contribution in [-0.2, 0) is 24.7 Å². The number of esters is 3. The van der Waals surface area contributed by atoms with Gasteiger partial charge in [0.25, 0.3) is 0 Å². The largest absolute Gasteiger partial charge is 0.497 e. The first-order chi connectivity index (χ1) is 30.7. The average molecular weight is 935 g/mol. The van der Waals surface area contributed by atoms with E-state index in [2.05, 4.69) is 0 Å². The van der Waals surface area contributed by atoms with E-state index in [1.165, 1.54) is 31.2 Å². The summed E-state index contributed by atoms with van der Waals surface area (Å²) in [6.45, 7) is 1.26. The van der Waals surface area contributed by atoms with Crippen LogP contribution in [0.5, 0.6) is 23.0 Å². The zero-order valence-corrected chi connectivity index (χ0v) is 33.3. The molecule has 0 heterocycles. The molecule has 0 atom stereocenters. The zero-order chi connectivity index (χ0) is 48.5. The number of hydrogen-bond donors (Lipinski definition) is 0. The molecule has 0 N–H and O–H groups in total. The Labute approximate surface area is 363 Å². The van der Waals surface area contributed by atoms with Gasteiger partial charge in [-0.05, 0) is 108 Å². The van der Waals surface area contributed by atoms with Crippen LogP contribution >= 0.6 is 0 Å². The van der Waals surface area contributed by atoms with E-state index >= 15 is 0 Å². The molecule has 6 rings (SSSR count). The van der Waals surface area contributed by atoms with E-state index < -0.39 is 115 Å². The molecule has 0 saturated heterocycles. The van der Waals surface area contributed by atoms with Gasteiger partial charge in [0.05, 0.1) is 46.1 Å². The molecule has 0 aromatic heterocycles. The highest BCUT2D eigenvalue weighted by atomic mass is 19.4. The van der Waals surface area contributed by atoms with E-state index in [-0.39, 0.29) is 34.8 Å². The molecule has 0 aliphatic heterocycles. The van der Waals surface area contributed by atoms with Crippen LogP contribution in [-0.4, -0.2) is 30.8 Å². The number of ether oxygens (including phenoxy) is 4. The van der Waals surface area contributed by atoms with E-state index in [1.807, 2.05) is 0 Å². The van der Waals surface area contributed by atoms with E-state index in [0.29, 0.717) is 30.3 Å². The zero-order valence-electron chi connectivity index (χ0n) is 33.3. The topological polar surface area (TPSA) is 105 Å². The number of halogens is 12. The van der Waals surface area contributed by atoms with Gasteiger partial charge in [-0.2, -0.15) is 52.7 Å². The van der Waals surface area contributed by atoms with E-state index in [9.17, 15) is 71.9 Å². The molecule has 0 amide bonds. The van der Waals surface area contributed by atoms with Gasteiger partial charge in [0, 0.05) is 5.56 Å². The Bertz CT molecular complexity index is 2860. The third-order valence-corrected chi connectivity index (χ3v) is 9.49. The first kappa shape index (κ1) is 47.8. The first-order valence-corrected chi connectivity index (χ1v) is 18.5. The molecular formula is C46H26F12O8. The van der Waals surface area contributed by atoms with Gasteiger partial charge in [0.1, 0.15) is 23.0 Å². The van der Waals surface area contributed by atoms with Crippen molar-refractivity contribution in [3.63, 3.8) is 0 Å². The second-order valence-corrected chi connectivity index (χ2v) is 13.9. The molecule has 0 spiro atoms. The van der Waals surface area contributed by atoms with Gasteiger partial charge in [-0.15, -0.1) is 0 Å². The van der Waals surface area contributed by atoms with Crippen molar-refractivity contribution in [1.29, 1.82) is 0 Å². The molecular weight excluding hydrogens is 908 g/mol. The Kier molecular flexibility index (Phi) is 13.1. The fourth-order valence-corrected chi connectivity index (χ4v) is 6.40. The molecule has 0 radical (unpaired) electrons. The first-order valence-electron chi connectivity index (χ1n) is 18.5. The Morgan fingerprint density at radius 3 is 0.955 bits per heavy atom. The molecule has 20 heteroatoms. The predicted molar refractivity (Wildman–Crippen MR) is 208 cm³/mol. The monoisotopic (exact) mass is 934 g/mol. The summed E-state index contributed by atoms with van der Waals surface area (Å²) in [6.07, 6.45) is -21.0. The second-order valence-electron chi connectivity index (χ2n) is 13.9. The minimum Gasteiger partial charge on any atom is -0.497 e. The summed E-state index contributed by atoms with van der Waals surface area (Å²) in [4.78, 5) is 50.3. The van der Waals surface area contributed by atoms with Crippen LogP contribution in [0.25, 0.3) is 22.3 Å². The van der Waals surface area contributed by atoms with Crippen molar-refractivity contribution in [1.82, 2.24) is 0 Å². The Hall–Kier alpha value is -7.64. The number of carbonyl (C=O) groups excluding carboxylic acids is 4. The van der Waals surface area contributed by atoms with Gasteiger partial charge in [0.2, 0.25) is 0 Å². The van der Waals surface area contributed by atoms with Crippen molar-refractivity contribution >= 4 is 23.7 Å². The third kappa shape index (κ3) is 10.8. The number of alkyl halides is 12. The summed E-state index contributed by atoms with van der Waals surface area (Å²) in [5, 5.41) is 0. The maximum atomic E-state index is 14.5. The lowest BCUT2D eigenvalue weighted by atomic mass is 9.94. The fourth-order valence-electron chi connectivity index (χ4n) is 6.40. The van der Waals surface area contributed by atoms with E-state index in [4.69, 9.17) is 18.9 Å². The lowest BCUT2D eigenvalue weighted by molar-refractivity contribution is -0.139. The number of rotatable bonds is 10. The standard InChI is InChI=1S/C46H26F12O8/c1-23(59)24-6-8-25(9-7-24)40(60)64-29-11-15-34(37(20-29)44(50,51)52)35-17-13-31(22-39(35)46(56,57)58)66-42(62)27-5-3-4-26(18-27)41(61)65-30-12-16-33(38(21-30)45(53,54)55)32-14-10-28(63-2)19-36(32)43(47,48)49/h3-22H,1-2H3. The maximum absolute atomic E-state index is 14.5. The normalized spacial score (nSPS) is 12.0. The van der Waals surface area contributed by atoms with Crippen LogP contribution in [0.15, 0.2) is 121 Å². The van der Waals surface area contributed by atoms with Crippen LogP contribution in [0.2, 0.25) is 0 Å². The number of carbonyl (C=O) groups is 4. The van der Waals surface area contributed by atoms with Crippen LogP contribution in [0.4, 0.5) is 52.7 Å². The number of methoxy groups -OCH3 is 1. The fraction of sp³-hybridized carbons (Fsp3) is 0.130. The van der Waals surface area contributed by atoms with Crippen LogP contribution in [0, 0.1) is 0 Å². The lowest BCUT2D eigenvalue weighted by Gasteiger charge is -2.19. The molecule has 0 fully saturated rings. The SMILES string of the molecule is COc1ccc(-c2ccc(OC(=O)c3cccc(C(=O)Oc4ccc(-c5ccc(OC(=O)c6ccc(C(C)=O)cc6)cc5C(F)(F)F)c(C(F)(F)F)c4)c3)cc2C(F)(F)F)c(C(F)(F)F)c1. The summed E-state index contributed by atoms with van der Waals surface area (Å²) in [5.74, 6) is -6.86. The molecule has 0 aliphatic carbocycles. The van der Waals surface area contributed by atoms with E-state index in [0.717, 1.165) is 61.7 Å². The Balaban J connectivity index is 1.24. The highest BCUT2D eigenvalue weighted by Gasteiger charge is 2.41. The smallest absolute Gasteiger partial charge is 0.417 e. The minimum atomic E-state index is -5.36. The number of ketones is 1. The van der Waals surface area contributed by atoms with Crippen LogP contribution in [0.1, 0.15) is 70.6 Å². The summed E-state index contributed by atoms with van der Waals surface area (Å²) >= 11 is 0. The van der Waals surface area contributed by atoms with Gasteiger partial charge >= 0.3 is 42.6 Å². The van der Waals surface area contributed by atoms with Crippen molar-refractivity contribution in [2.45, 2.75) is 31.6 Å². The third-order valence-electron chi connectivity index (χ3n) is 9.49. The highest BCUT2D eigenvalue weighted by Crippen LogP contribution is 2.47. The number of benzene rings is 6. The molecule has 66 heavy (non-hydrogen) atoms. The molecule has 8 nitrogen and oxygen atoms in total. The molecule has 0 aliphatic rings. The summed E-state index contributed by atoms with van der Waals surface area (Å²) in [6, 6.07) is 16.1. The highest BCUT2D eigenvalue weighted by molar-refractivity contribution is 5.98. The van der Waals surface area contributed by atoms with Crippen molar-refractivity contribution in [2.75, 3.05) is 7.11 Å². The van der Waals surface area contributed by atoms with Gasteiger partial charge in [-0.3, -0.25) is 4.79 Å². The summed E-state index contributed by atoms with van der Waals surface area (Å²) in [5.41, 5.74) is -11.2. The van der Waals surface area contributed by atoms with Crippen LogP contribution in [0.3, 0.4) is 0 Å². The van der Waals surface area contributed by atoms with Crippen LogP contribution < -0.4 is 18.9 Å². The summed E-state index contributed by atoms with van der Waals surface area (Å²) < 4.78 is 191. The molecule has 0 unspecified atom stereocenters. The second kappa shape index (κ2) is 18.1. The summed E-state index contributed by atoms with van der Waals surface area (Å²) in [7, 11) is 1.06. The Morgan fingerprint density at radius 1 is 0.364 bits per heavy atom. The van der Waals surface area contributed by atoms with Gasteiger partial charge < -0.3 is 18.9 Å². The quantitative estimate of drug-likeness (QED) is 0.0579. The predicted octanol–water partition coefficient (Wildman–Crippen LogP) is 13.0. The molecule has 342 valence electrons. The maximum Gasteiger partial charge on any atom is 0.417 e. The van der Waals surface area contributed by atoms with E-state index in [1.54, 1.807) is 0 Å². The number of Topliss-reactive ketones (excluding diaryl/α,β-unsaturated/α-hetero) is 1. The average Bonchev–Trinajstić information content (AvgIpc) is 3.25. The molecule has 0 saturated carbocycles. The van der Waals surface area contributed by atoms with Crippen molar-refractivity contribution in [2.24, 2.45) is 0 Å². The minimum absolute atomic E-state index is 0.153. The van der Waals surface area contributed by atoms with Gasteiger partial charge in [-0.1, -0.05) is 42.5 Å². The molecule has 0 bridgehead atoms. The van der Waals surface area contributed by atoms with Gasteiger partial charge in [0.15, 0.2) is 5.78 Å². The van der Waals surface area contributed by atoms with Gasteiger partial charge in [-0.25, -0.2) is 14.4 Å². The lowest BCUT2D eigenvalue weighted by Crippen LogP contribution is -2.15. The Morgan fingerprint density at radius 2 is 0.652 bits per heavy atom. The number of hydrogen-bond acceptors (Lipinski definition) is 8. The van der Waals surface area contributed by atoms with Crippen molar-refractivity contribution in [3.05, 3.63) is 166 Å². The molecule has 6 aromatic rings.